The van der Waals surface area contributed by atoms with Gasteiger partial charge in [0.15, 0.2) is 0 Å². The Kier molecular flexibility index (Phi) is 5.05. The van der Waals surface area contributed by atoms with Crippen molar-refractivity contribution in [2.45, 2.75) is 6.10 Å². The molecule has 1 N–H and O–H groups in total. The summed E-state index contributed by atoms with van der Waals surface area (Å²) in [7, 11) is 0. The molecule has 0 spiro atoms. The largest absolute Gasteiger partial charge is 0.370 e. The summed E-state index contributed by atoms with van der Waals surface area (Å²) in [5.41, 5.74) is 1.06. The molecule has 0 aliphatic carbocycles. The molecule has 1 aliphatic heterocycles. The molecule has 2 aromatic rings. The summed E-state index contributed by atoms with van der Waals surface area (Å²) in [5.74, 6) is -0.291. The standard InChI is InChI=1S/C17H18N2O3S/c20-16(11-18-17(21)15-7-4-10-23-15)19-8-9-22-14(12-19)13-5-2-1-3-6-13/h1-7,10,14H,8-9,11-12H2,(H,18,21)/t14-/m1/s1. The third-order valence-electron chi connectivity index (χ3n) is 3.74. The number of rotatable bonds is 4. The van der Waals surface area contributed by atoms with Gasteiger partial charge in [0.2, 0.25) is 5.91 Å². The van der Waals surface area contributed by atoms with E-state index >= 15 is 0 Å². The lowest BCUT2D eigenvalue weighted by molar-refractivity contribution is -0.137. The number of morpholine rings is 1. The van der Waals surface area contributed by atoms with E-state index in [1.807, 2.05) is 41.8 Å². The lowest BCUT2D eigenvalue weighted by atomic mass is 10.1. The first-order chi connectivity index (χ1) is 11.2. The number of thiophene rings is 1. The maximum Gasteiger partial charge on any atom is 0.261 e. The van der Waals surface area contributed by atoms with Crippen LogP contribution in [0.2, 0.25) is 0 Å². The third kappa shape index (κ3) is 3.97. The number of carbonyl (C=O) groups is 2. The van der Waals surface area contributed by atoms with E-state index in [2.05, 4.69) is 5.32 Å². The lowest BCUT2D eigenvalue weighted by Crippen LogP contribution is -2.46. The Bertz CT molecular complexity index is 658. The lowest BCUT2D eigenvalue weighted by Gasteiger charge is -2.33. The number of ether oxygens (including phenoxy) is 1. The van der Waals surface area contributed by atoms with Gasteiger partial charge in [-0.2, -0.15) is 0 Å². The highest BCUT2D eigenvalue weighted by Crippen LogP contribution is 2.21. The second-order valence-corrected chi connectivity index (χ2v) is 6.22. The van der Waals surface area contributed by atoms with Crippen LogP contribution in [0, 0.1) is 0 Å². The molecular weight excluding hydrogens is 312 g/mol. The molecule has 0 bridgehead atoms. The van der Waals surface area contributed by atoms with Gasteiger partial charge in [-0.15, -0.1) is 11.3 Å². The van der Waals surface area contributed by atoms with Gasteiger partial charge in [0.05, 0.1) is 24.6 Å². The molecular formula is C17H18N2O3S. The summed E-state index contributed by atoms with van der Waals surface area (Å²) in [6, 6.07) is 13.4. The van der Waals surface area contributed by atoms with Crippen LogP contribution in [0.25, 0.3) is 0 Å². The molecule has 2 heterocycles. The maximum atomic E-state index is 12.3. The molecule has 120 valence electrons. The van der Waals surface area contributed by atoms with Crippen molar-refractivity contribution < 1.29 is 14.3 Å². The van der Waals surface area contributed by atoms with Crippen molar-refractivity contribution in [2.75, 3.05) is 26.2 Å². The van der Waals surface area contributed by atoms with E-state index in [-0.39, 0.29) is 24.5 Å². The van der Waals surface area contributed by atoms with Crippen LogP contribution >= 0.6 is 11.3 Å². The zero-order chi connectivity index (χ0) is 16.1. The van der Waals surface area contributed by atoms with Crippen molar-refractivity contribution in [3.8, 4) is 0 Å². The van der Waals surface area contributed by atoms with Gasteiger partial charge in [-0.25, -0.2) is 0 Å². The van der Waals surface area contributed by atoms with E-state index in [1.54, 1.807) is 11.0 Å². The molecule has 1 atom stereocenters. The average molecular weight is 330 g/mol. The topological polar surface area (TPSA) is 58.6 Å². The maximum absolute atomic E-state index is 12.3. The normalized spacial score (nSPS) is 17.7. The second-order valence-electron chi connectivity index (χ2n) is 5.27. The fourth-order valence-electron chi connectivity index (χ4n) is 2.51. The zero-order valence-corrected chi connectivity index (χ0v) is 13.4. The van der Waals surface area contributed by atoms with Crippen molar-refractivity contribution in [3.05, 3.63) is 58.3 Å². The minimum absolute atomic E-state index is 0.0121. The fraction of sp³-hybridized carbons (Fsp3) is 0.294. The summed E-state index contributed by atoms with van der Waals surface area (Å²) in [6.07, 6.45) is -0.109. The zero-order valence-electron chi connectivity index (χ0n) is 12.6. The first kappa shape index (κ1) is 15.7. The number of benzene rings is 1. The first-order valence-corrected chi connectivity index (χ1v) is 8.38. The Balaban J connectivity index is 1.54. The monoisotopic (exact) mass is 330 g/mol. The number of hydrogen-bond acceptors (Lipinski definition) is 4. The summed E-state index contributed by atoms with van der Waals surface area (Å²) in [5, 5.41) is 4.51. The molecule has 23 heavy (non-hydrogen) atoms. The first-order valence-electron chi connectivity index (χ1n) is 7.50. The average Bonchev–Trinajstić information content (AvgIpc) is 3.15. The highest BCUT2D eigenvalue weighted by atomic mass is 32.1. The van der Waals surface area contributed by atoms with E-state index in [1.165, 1.54) is 11.3 Å². The van der Waals surface area contributed by atoms with Gasteiger partial charge in [-0.3, -0.25) is 9.59 Å². The van der Waals surface area contributed by atoms with Crippen LogP contribution in [0.5, 0.6) is 0 Å². The SMILES string of the molecule is O=C(NCC(=O)N1CCO[C@@H](c2ccccc2)C1)c1cccs1. The van der Waals surface area contributed by atoms with Crippen molar-refractivity contribution in [1.82, 2.24) is 10.2 Å². The molecule has 2 amide bonds. The Morgan fingerprint density at radius 1 is 1.22 bits per heavy atom. The van der Waals surface area contributed by atoms with Crippen LogP contribution in [0.1, 0.15) is 21.3 Å². The van der Waals surface area contributed by atoms with E-state index in [0.29, 0.717) is 24.6 Å². The Hall–Kier alpha value is -2.18. The molecule has 6 heteroatoms. The minimum Gasteiger partial charge on any atom is -0.370 e. The molecule has 0 radical (unpaired) electrons. The second kappa shape index (κ2) is 7.39. The predicted molar refractivity (Wildman–Crippen MR) is 88.4 cm³/mol. The van der Waals surface area contributed by atoms with E-state index in [4.69, 9.17) is 4.74 Å². The van der Waals surface area contributed by atoms with Gasteiger partial charge < -0.3 is 15.0 Å². The van der Waals surface area contributed by atoms with Crippen LogP contribution in [-0.2, 0) is 9.53 Å². The van der Waals surface area contributed by atoms with Crippen LogP contribution in [-0.4, -0.2) is 43.0 Å². The Labute approximate surface area is 138 Å². The highest BCUT2D eigenvalue weighted by molar-refractivity contribution is 7.12. The van der Waals surface area contributed by atoms with Crippen LogP contribution in [0.4, 0.5) is 0 Å². The van der Waals surface area contributed by atoms with E-state index in [9.17, 15) is 9.59 Å². The van der Waals surface area contributed by atoms with Crippen molar-refractivity contribution in [1.29, 1.82) is 0 Å². The number of hydrogen-bond donors (Lipinski definition) is 1. The molecule has 1 aromatic carbocycles. The van der Waals surface area contributed by atoms with Gasteiger partial charge in [0, 0.05) is 6.54 Å². The van der Waals surface area contributed by atoms with Crippen LogP contribution < -0.4 is 5.32 Å². The highest BCUT2D eigenvalue weighted by Gasteiger charge is 2.25. The molecule has 1 saturated heterocycles. The third-order valence-corrected chi connectivity index (χ3v) is 4.60. The van der Waals surface area contributed by atoms with Gasteiger partial charge in [-0.05, 0) is 17.0 Å². The number of amides is 2. The molecule has 0 unspecified atom stereocenters. The van der Waals surface area contributed by atoms with Crippen molar-refractivity contribution in [3.63, 3.8) is 0 Å². The van der Waals surface area contributed by atoms with Crippen LogP contribution in [0.15, 0.2) is 47.8 Å². The molecule has 1 fully saturated rings. The van der Waals surface area contributed by atoms with Crippen molar-refractivity contribution >= 4 is 23.2 Å². The Morgan fingerprint density at radius 3 is 2.78 bits per heavy atom. The molecule has 1 aliphatic rings. The quantitative estimate of drug-likeness (QED) is 0.934. The molecule has 3 rings (SSSR count). The van der Waals surface area contributed by atoms with Gasteiger partial charge >= 0.3 is 0 Å². The predicted octanol–water partition coefficient (Wildman–Crippen LogP) is 2.08. The van der Waals surface area contributed by atoms with Gasteiger partial charge in [-0.1, -0.05) is 36.4 Å². The number of carbonyl (C=O) groups excluding carboxylic acids is 2. The molecule has 1 aromatic heterocycles. The summed E-state index contributed by atoms with van der Waals surface area (Å²) in [6.45, 7) is 1.58. The minimum atomic E-state index is -0.207. The smallest absolute Gasteiger partial charge is 0.261 e. The van der Waals surface area contributed by atoms with E-state index in [0.717, 1.165) is 5.56 Å². The van der Waals surface area contributed by atoms with Crippen molar-refractivity contribution in [2.24, 2.45) is 0 Å². The summed E-state index contributed by atoms with van der Waals surface area (Å²) in [4.78, 5) is 26.5. The van der Waals surface area contributed by atoms with Gasteiger partial charge in [0.1, 0.15) is 6.10 Å². The number of nitrogens with one attached hydrogen (secondary N) is 1. The summed E-state index contributed by atoms with van der Waals surface area (Å²) < 4.78 is 5.75. The Morgan fingerprint density at radius 2 is 2.04 bits per heavy atom. The van der Waals surface area contributed by atoms with Gasteiger partial charge in [0.25, 0.3) is 5.91 Å². The number of nitrogens with zero attached hydrogens (tertiary/aromatic N) is 1. The molecule has 0 saturated carbocycles. The van der Waals surface area contributed by atoms with Crippen LogP contribution in [0.3, 0.4) is 0 Å². The summed E-state index contributed by atoms with van der Waals surface area (Å²) >= 11 is 1.36. The molecule has 5 nitrogen and oxygen atoms in total. The fourth-order valence-corrected chi connectivity index (χ4v) is 3.15. The van der Waals surface area contributed by atoms with E-state index < -0.39 is 0 Å².